The fourth-order valence-electron chi connectivity index (χ4n) is 1.50. The topological polar surface area (TPSA) is 26.3 Å². The monoisotopic (exact) mass is 232 g/mol. The predicted octanol–water partition coefficient (Wildman–Crippen LogP) is 3.60. The number of hydrogen-bond acceptors (Lipinski definition) is 3. The average molecular weight is 232 g/mol. The van der Waals surface area contributed by atoms with E-state index in [4.69, 9.17) is 4.74 Å². The highest BCUT2D eigenvalue weighted by Gasteiger charge is 2.09. The van der Waals surface area contributed by atoms with Gasteiger partial charge in [-0.3, -0.25) is 4.79 Å². The Bertz CT molecular complexity index is 160. The molecule has 0 radical (unpaired) electrons. The third-order valence-electron chi connectivity index (χ3n) is 2.35. The number of hydrogen-bond donors (Lipinski definition) is 1. The summed E-state index contributed by atoms with van der Waals surface area (Å²) in [6.07, 6.45) is 7.79. The molecule has 1 unspecified atom stereocenters. The Kier molecular flexibility index (Phi) is 10.2. The molecule has 0 aromatic heterocycles. The number of rotatable bonds is 9. The lowest BCUT2D eigenvalue weighted by Crippen LogP contribution is -2.11. The molecule has 0 saturated carbocycles. The van der Waals surface area contributed by atoms with Gasteiger partial charge in [-0.1, -0.05) is 39.0 Å². The van der Waals surface area contributed by atoms with Crippen LogP contribution in [0.3, 0.4) is 0 Å². The van der Waals surface area contributed by atoms with Gasteiger partial charge in [-0.15, -0.1) is 0 Å². The van der Waals surface area contributed by atoms with E-state index in [0.29, 0.717) is 13.0 Å². The smallest absolute Gasteiger partial charge is 0.306 e. The predicted molar refractivity (Wildman–Crippen MR) is 67.4 cm³/mol. The molecule has 0 aliphatic heterocycles. The normalized spacial score (nSPS) is 12.5. The lowest BCUT2D eigenvalue weighted by Gasteiger charge is -2.09. The Balaban J connectivity index is 3.32. The number of unbranched alkanes of at least 4 members (excludes halogenated alkanes) is 4. The van der Waals surface area contributed by atoms with Gasteiger partial charge in [0.1, 0.15) is 0 Å². The quantitative estimate of drug-likeness (QED) is 0.373. The Hall–Kier alpha value is -0.180. The molecule has 0 bridgehead atoms. The fourth-order valence-corrected chi connectivity index (χ4v) is 1.83. The molecule has 0 fully saturated rings. The molecule has 0 aliphatic rings. The minimum Gasteiger partial charge on any atom is -0.466 e. The summed E-state index contributed by atoms with van der Waals surface area (Å²) in [6.45, 7) is 4.51. The highest BCUT2D eigenvalue weighted by molar-refractivity contribution is 7.81. The fraction of sp³-hybridized carbons (Fsp3) is 0.917. The van der Waals surface area contributed by atoms with Crippen molar-refractivity contribution in [2.75, 3.05) is 6.61 Å². The van der Waals surface area contributed by atoms with Crippen molar-refractivity contribution in [2.45, 2.75) is 64.0 Å². The lowest BCUT2D eigenvalue weighted by atomic mass is 10.1. The van der Waals surface area contributed by atoms with Crippen LogP contribution in [0.15, 0.2) is 0 Å². The second-order valence-electron chi connectivity index (χ2n) is 3.87. The van der Waals surface area contributed by atoms with Crippen LogP contribution >= 0.6 is 12.6 Å². The lowest BCUT2D eigenvalue weighted by molar-refractivity contribution is -0.143. The standard InChI is InChI=1S/C12H24O2S/c1-3-5-6-7-8-9-11(15)10-12(13)14-4-2/h11,15H,3-10H2,1-2H3. The first kappa shape index (κ1) is 14.8. The number of ether oxygens (including phenoxy) is 1. The molecule has 0 N–H and O–H groups in total. The van der Waals surface area contributed by atoms with Crippen molar-refractivity contribution >= 4 is 18.6 Å². The molecule has 0 amide bonds. The Labute approximate surface area is 99.2 Å². The van der Waals surface area contributed by atoms with E-state index in [1.165, 1.54) is 32.1 Å². The molecular weight excluding hydrogens is 208 g/mol. The van der Waals surface area contributed by atoms with E-state index < -0.39 is 0 Å². The van der Waals surface area contributed by atoms with Gasteiger partial charge in [0.05, 0.1) is 13.0 Å². The Morgan fingerprint density at radius 3 is 2.47 bits per heavy atom. The van der Waals surface area contributed by atoms with Crippen LogP contribution in [-0.4, -0.2) is 17.8 Å². The zero-order chi connectivity index (χ0) is 11.5. The van der Waals surface area contributed by atoms with Crippen molar-refractivity contribution in [3.63, 3.8) is 0 Å². The summed E-state index contributed by atoms with van der Waals surface area (Å²) in [5.41, 5.74) is 0. The van der Waals surface area contributed by atoms with Gasteiger partial charge in [-0.05, 0) is 13.3 Å². The first-order valence-electron chi connectivity index (χ1n) is 6.04. The van der Waals surface area contributed by atoms with Crippen molar-refractivity contribution in [3.05, 3.63) is 0 Å². The van der Waals surface area contributed by atoms with Gasteiger partial charge in [0, 0.05) is 5.25 Å². The number of carbonyl (C=O) groups is 1. The molecule has 0 heterocycles. The Morgan fingerprint density at radius 1 is 1.20 bits per heavy atom. The Morgan fingerprint density at radius 2 is 1.87 bits per heavy atom. The van der Waals surface area contributed by atoms with Crippen LogP contribution in [0, 0.1) is 0 Å². The zero-order valence-electron chi connectivity index (χ0n) is 10.00. The van der Waals surface area contributed by atoms with Crippen LogP contribution < -0.4 is 0 Å². The van der Waals surface area contributed by atoms with Gasteiger partial charge < -0.3 is 4.74 Å². The van der Waals surface area contributed by atoms with Gasteiger partial charge >= 0.3 is 5.97 Å². The highest BCUT2D eigenvalue weighted by Crippen LogP contribution is 2.14. The molecule has 0 saturated heterocycles. The van der Waals surface area contributed by atoms with Crippen LogP contribution in [0.2, 0.25) is 0 Å². The third kappa shape index (κ3) is 10.1. The number of carbonyl (C=O) groups excluding carboxylic acids is 1. The maximum absolute atomic E-state index is 11.1. The summed E-state index contributed by atoms with van der Waals surface area (Å²) >= 11 is 4.39. The molecule has 3 heteroatoms. The van der Waals surface area contributed by atoms with E-state index in [1.807, 2.05) is 6.92 Å². The summed E-state index contributed by atoms with van der Waals surface area (Å²) in [5, 5.41) is 0.172. The molecule has 0 rings (SSSR count). The first-order chi connectivity index (χ1) is 7.20. The maximum Gasteiger partial charge on any atom is 0.306 e. The molecule has 2 nitrogen and oxygen atoms in total. The third-order valence-corrected chi connectivity index (χ3v) is 2.79. The average Bonchev–Trinajstić information content (AvgIpc) is 2.17. The van der Waals surface area contributed by atoms with Crippen molar-refractivity contribution in [1.29, 1.82) is 0 Å². The van der Waals surface area contributed by atoms with E-state index in [0.717, 1.165) is 6.42 Å². The summed E-state index contributed by atoms with van der Waals surface area (Å²) < 4.78 is 4.87. The van der Waals surface area contributed by atoms with Crippen LogP contribution in [0.4, 0.5) is 0 Å². The molecule has 0 aromatic rings. The van der Waals surface area contributed by atoms with E-state index in [-0.39, 0.29) is 11.2 Å². The van der Waals surface area contributed by atoms with Gasteiger partial charge in [0.2, 0.25) is 0 Å². The summed E-state index contributed by atoms with van der Waals surface area (Å²) in [4.78, 5) is 11.1. The SMILES string of the molecule is CCCCCCCC(S)CC(=O)OCC. The molecular formula is C12H24O2S. The first-order valence-corrected chi connectivity index (χ1v) is 6.56. The van der Waals surface area contributed by atoms with Gasteiger partial charge in [-0.2, -0.15) is 12.6 Å². The minimum atomic E-state index is -0.119. The molecule has 15 heavy (non-hydrogen) atoms. The summed E-state index contributed by atoms with van der Waals surface area (Å²) in [7, 11) is 0. The van der Waals surface area contributed by atoms with E-state index in [2.05, 4.69) is 19.6 Å². The summed E-state index contributed by atoms with van der Waals surface area (Å²) in [5.74, 6) is -0.119. The van der Waals surface area contributed by atoms with Crippen molar-refractivity contribution in [3.8, 4) is 0 Å². The number of esters is 1. The van der Waals surface area contributed by atoms with Gasteiger partial charge in [-0.25, -0.2) is 0 Å². The van der Waals surface area contributed by atoms with E-state index in [1.54, 1.807) is 0 Å². The summed E-state index contributed by atoms with van der Waals surface area (Å²) in [6, 6.07) is 0. The second kappa shape index (κ2) is 10.3. The molecule has 0 aromatic carbocycles. The van der Waals surface area contributed by atoms with Crippen molar-refractivity contribution < 1.29 is 9.53 Å². The van der Waals surface area contributed by atoms with Crippen molar-refractivity contribution in [2.24, 2.45) is 0 Å². The van der Waals surface area contributed by atoms with Crippen LogP contribution in [0.25, 0.3) is 0 Å². The highest BCUT2D eigenvalue weighted by atomic mass is 32.1. The number of thiol groups is 1. The van der Waals surface area contributed by atoms with E-state index in [9.17, 15) is 4.79 Å². The van der Waals surface area contributed by atoms with Gasteiger partial charge in [0.15, 0.2) is 0 Å². The molecule has 0 spiro atoms. The van der Waals surface area contributed by atoms with Crippen LogP contribution in [0.1, 0.15) is 58.8 Å². The zero-order valence-corrected chi connectivity index (χ0v) is 10.9. The molecule has 0 aliphatic carbocycles. The molecule has 1 atom stereocenters. The molecule has 90 valence electrons. The maximum atomic E-state index is 11.1. The second-order valence-corrected chi connectivity index (χ2v) is 4.60. The van der Waals surface area contributed by atoms with Crippen molar-refractivity contribution in [1.82, 2.24) is 0 Å². The van der Waals surface area contributed by atoms with Crippen LogP contribution in [-0.2, 0) is 9.53 Å². The minimum absolute atomic E-state index is 0.119. The largest absolute Gasteiger partial charge is 0.466 e. The van der Waals surface area contributed by atoms with E-state index >= 15 is 0 Å². The van der Waals surface area contributed by atoms with Gasteiger partial charge in [0.25, 0.3) is 0 Å². The van der Waals surface area contributed by atoms with Crippen LogP contribution in [0.5, 0.6) is 0 Å².